The Morgan fingerprint density at radius 3 is 2.68 bits per heavy atom. The molecule has 1 heterocycles. The average Bonchev–Trinajstić information content (AvgIpc) is 2.36. The van der Waals surface area contributed by atoms with Crippen LogP contribution in [-0.2, 0) is 0 Å². The highest BCUT2D eigenvalue weighted by atomic mass is 35.5. The van der Waals surface area contributed by atoms with Crippen molar-refractivity contribution < 1.29 is 9.90 Å². The van der Waals surface area contributed by atoms with Crippen molar-refractivity contribution in [2.24, 2.45) is 0 Å². The Morgan fingerprint density at radius 1 is 1.26 bits per heavy atom. The molecule has 0 spiro atoms. The Balaban J connectivity index is 2.27. The van der Waals surface area contributed by atoms with Gasteiger partial charge in [-0.2, -0.15) is 0 Å². The zero-order chi connectivity index (χ0) is 14.0. The lowest BCUT2D eigenvalue weighted by atomic mass is 10.1. The summed E-state index contributed by atoms with van der Waals surface area (Å²) in [6.45, 7) is 3.59. The summed E-state index contributed by atoms with van der Waals surface area (Å²) in [5, 5.41) is 12.6. The highest BCUT2D eigenvalue weighted by Crippen LogP contribution is 2.25. The van der Waals surface area contributed by atoms with Crippen LogP contribution < -0.4 is 5.32 Å². The van der Waals surface area contributed by atoms with Crippen molar-refractivity contribution in [3.63, 3.8) is 0 Å². The number of hydrogen-bond acceptors (Lipinski definition) is 3. The van der Waals surface area contributed by atoms with E-state index in [1.165, 1.54) is 12.3 Å². The van der Waals surface area contributed by atoms with Crippen LogP contribution in [0.3, 0.4) is 0 Å². The summed E-state index contributed by atoms with van der Waals surface area (Å²) < 4.78 is 0. The summed E-state index contributed by atoms with van der Waals surface area (Å²) in [6, 6.07) is 6.43. The summed E-state index contributed by atoms with van der Waals surface area (Å²) in [5.41, 5.74) is 2.59. The highest BCUT2D eigenvalue weighted by Gasteiger charge is 2.10. The number of benzene rings is 1. The molecule has 19 heavy (non-hydrogen) atoms. The normalized spacial score (nSPS) is 10.3. The molecule has 5 heteroatoms. The SMILES string of the molecule is Cc1cc(NC(=O)c2ccnc(Cl)c2)c(C)cc1O. The van der Waals surface area contributed by atoms with E-state index in [1.807, 2.05) is 6.92 Å². The number of aromatic hydroxyl groups is 1. The van der Waals surface area contributed by atoms with Gasteiger partial charge in [0.05, 0.1) is 0 Å². The molecule has 0 aliphatic heterocycles. The number of phenols is 1. The molecule has 2 aromatic rings. The first-order valence-corrected chi connectivity index (χ1v) is 6.08. The van der Waals surface area contributed by atoms with Crippen molar-refractivity contribution in [2.45, 2.75) is 13.8 Å². The van der Waals surface area contributed by atoms with Gasteiger partial charge in [0.25, 0.3) is 5.91 Å². The quantitative estimate of drug-likeness (QED) is 0.653. The van der Waals surface area contributed by atoms with E-state index in [0.29, 0.717) is 16.8 Å². The second-order valence-electron chi connectivity index (χ2n) is 4.27. The Morgan fingerprint density at radius 2 is 2.00 bits per heavy atom. The van der Waals surface area contributed by atoms with Gasteiger partial charge in [0.2, 0.25) is 0 Å². The number of aryl methyl sites for hydroxylation is 2. The zero-order valence-corrected chi connectivity index (χ0v) is 11.3. The molecular weight excluding hydrogens is 264 g/mol. The first kappa shape index (κ1) is 13.4. The van der Waals surface area contributed by atoms with Gasteiger partial charge in [0.15, 0.2) is 0 Å². The number of nitrogens with zero attached hydrogens (tertiary/aromatic N) is 1. The minimum absolute atomic E-state index is 0.211. The molecule has 0 atom stereocenters. The maximum absolute atomic E-state index is 12.1. The van der Waals surface area contributed by atoms with Crippen LogP contribution in [0.4, 0.5) is 5.69 Å². The molecule has 98 valence electrons. The number of rotatable bonds is 2. The second kappa shape index (κ2) is 5.28. The molecule has 1 aromatic heterocycles. The monoisotopic (exact) mass is 276 g/mol. The van der Waals surface area contributed by atoms with E-state index in [-0.39, 0.29) is 16.8 Å². The number of phenolic OH excluding ortho intramolecular Hbond substituents is 1. The molecule has 0 bridgehead atoms. The van der Waals surface area contributed by atoms with Crippen molar-refractivity contribution in [3.05, 3.63) is 52.3 Å². The summed E-state index contributed by atoms with van der Waals surface area (Å²) >= 11 is 5.75. The van der Waals surface area contributed by atoms with Crippen LogP contribution in [0.5, 0.6) is 5.75 Å². The Hall–Kier alpha value is -2.07. The third-order valence-electron chi connectivity index (χ3n) is 2.78. The number of hydrogen-bond donors (Lipinski definition) is 2. The molecule has 1 aromatic carbocycles. The summed E-state index contributed by atoms with van der Waals surface area (Å²) in [6.07, 6.45) is 1.48. The fourth-order valence-electron chi connectivity index (χ4n) is 1.67. The van der Waals surface area contributed by atoms with Gasteiger partial charge in [-0.15, -0.1) is 0 Å². The van der Waals surface area contributed by atoms with E-state index >= 15 is 0 Å². The molecule has 0 unspecified atom stereocenters. The van der Waals surface area contributed by atoms with E-state index in [9.17, 15) is 9.90 Å². The molecule has 0 saturated heterocycles. The average molecular weight is 277 g/mol. The first-order valence-electron chi connectivity index (χ1n) is 5.70. The number of nitrogens with one attached hydrogen (secondary N) is 1. The third kappa shape index (κ3) is 3.03. The Bertz CT molecular complexity index is 641. The standard InChI is InChI=1S/C14H13ClN2O2/c1-8-6-12(18)9(2)5-11(8)17-14(19)10-3-4-16-13(15)7-10/h3-7,18H,1-2H3,(H,17,19). The predicted octanol–water partition coefficient (Wildman–Crippen LogP) is 3.31. The first-order chi connectivity index (χ1) is 8.97. The number of aromatic nitrogens is 1. The van der Waals surface area contributed by atoms with Crippen LogP contribution in [-0.4, -0.2) is 16.0 Å². The largest absolute Gasteiger partial charge is 0.508 e. The molecular formula is C14H13ClN2O2. The smallest absolute Gasteiger partial charge is 0.255 e. The van der Waals surface area contributed by atoms with Gasteiger partial charge < -0.3 is 10.4 Å². The second-order valence-corrected chi connectivity index (χ2v) is 4.66. The molecule has 0 saturated carbocycles. The summed E-state index contributed by atoms with van der Waals surface area (Å²) in [7, 11) is 0. The number of anilines is 1. The molecule has 0 fully saturated rings. The van der Waals surface area contributed by atoms with Crippen LogP contribution in [0, 0.1) is 13.8 Å². The van der Waals surface area contributed by atoms with Crippen molar-refractivity contribution >= 4 is 23.2 Å². The lowest BCUT2D eigenvalue weighted by Crippen LogP contribution is -2.13. The lowest BCUT2D eigenvalue weighted by molar-refractivity contribution is 0.102. The van der Waals surface area contributed by atoms with E-state index in [4.69, 9.17) is 11.6 Å². The topological polar surface area (TPSA) is 62.2 Å². The van der Waals surface area contributed by atoms with Gasteiger partial charge in [0, 0.05) is 17.4 Å². The minimum Gasteiger partial charge on any atom is -0.508 e. The molecule has 1 amide bonds. The van der Waals surface area contributed by atoms with Crippen LogP contribution in [0.2, 0.25) is 5.15 Å². The van der Waals surface area contributed by atoms with E-state index in [2.05, 4.69) is 10.3 Å². The fourth-order valence-corrected chi connectivity index (χ4v) is 1.85. The lowest BCUT2D eigenvalue weighted by Gasteiger charge is -2.10. The van der Waals surface area contributed by atoms with Crippen LogP contribution in [0.15, 0.2) is 30.5 Å². The number of halogens is 1. The molecule has 2 N–H and O–H groups in total. The molecule has 0 aliphatic rings. The maximum atomic E-state index is 12.1. The van der Waals surface area contributed by atoms with Gasteiger partial charge in [0.1, 0.15) is 10.9 Å². The molecule has 4 nitrogen and oxygen atoms in total. The van der Waals surface area contributed by atoms with E-state index in [0.717, 1.165) is 5.56 Å². The van der Waals surface area contributed by atoms with Crippen molar-refractivity contribution in [1.82, 2.24) is 4.98 Å². The number of pyridine rings is 1. The van der Waals surface area contributed by atoms with Crippen molar-refractivity contribution in [2.75, 3.05) is 5.32 Å². The van der Waals surface area contributed by atoms with Gasteiger partial charge in [-0.25, -0.2) is 4.98 Å². The van der Waals surface area contributed by atoms with Gasteiger partial charge in [-0.3, -0.25) is 4.79 Å². The number of amides is 1. The summed E-state index contributed by atoms with van der Waals surface area (Å²) in [5.74, 6) is -0.0556. The van der Waals surface area contributed by atoms with Gasteiger partial charge in [-0.05, 0) is 49.2 Å². The van der Waals surface area contributed by atoms with Crippen molar-refractivity contribution in [1.29, 1.82) is 0 Å². The van der Waals surface area contributed by atoms with E-state index in [1.54, 1.807) is 25.1 Å². The fraction of sp³-hybridized carbons (Fsp3) is 0.143. The van der Waals surface area contributed by atoms with Crippen LogP contribution in [0.1, 0.15) is 21.5 Å². The predicted molar refractivity (Wildman–Crippen MR) is 74.8 cm³/mol. The van der Waals surface area contributed by atoms with Crippen LogP contribution >= 0.6 is 11.6 Å². The highest BCUT2D eigenvalue weighted by molar-refractivity contribution is 6.29. The number of carbonyl (C=O) groups is 1. The van der Waals surface area contributed by atoms with Gasteiger partial charge in [-0.1, -0.05) is 11.6 Å². The molecule has 2 rings (SSSR count). The molecule has 0 radical (unpaired) electrons. The third-order valence-corrected chi connectivity index (χ3v) is 2.99. The number of carbonyl (C=O) groups excluding carboxylic acids is 1. The minimum atomic E-state index is -0.266. The van der Waals surface area contributed by atoms with Crippen LogP contribution in [0.25, 0.3) is 0 Å². The maximum Gasteiger partial charge on any atom is 0.255 e. The summed E-state index contributed by atoms with van der Waals surface area (Å²) in [4.78, 5) is 15.9. The zero-order valence-electron chi connectivity index (χ0n) is 10.6. The van der Waals surface area contributed by atoms with Crippen molar-refractivity contribution in [3.8, 4) is 5.75 Å². The Kier molecular flexibility index (Phi) is 3.71. The molecule has 0 aliphatic carbocycles. The Labute approximate surface area is 116 Å². The van der Waals surface area contributed by atoms with Gasteiger partial charge >= 0.3 is 0 Å². The van der Waals surface area contributed by atoms with E-state index < -0.39 is 0 Å².